The van der Waals surface area contributed by atoms with E-state index >= 15 is 0 Å². The number of aromatic nitrogens is 2. The molecule has 30 heavy (non-hydrogen) atoms. The molecule has 1 aliphatic rings. The molecule has 2 heterocycles. The Kier molecular flexibility index (Phi) is 7.27. The summed E-state index contributed by atoms with van der Waals surface area (Å²) in [5.74, 6) is -6.32. The Bertz CT molecular complexity index is 844. The van der Waals surface area contributed by atoms with E-state index in [0.29, 0.717) is 4.57 Å². The first-order valence-electron chi connectivity index (χ1n) is 9.40. The maximum absolute atomic E-state index is 14.9. The number of nitrogens with one attached hydrogen (secondary N) is 1. The van der Waals surface area contributed by atoms with Crippen LogP contribution < -0.4 is 16.7 Å². The van der Waals surface area contributed by atoms with E-state index in [9.17, 15) is 28.3 Å². The van der Waals surface area contributed by atoms with Crippen LogP contribution in [-0.2, 0) is 19.1 Å². The SMILES string of the molecule is CC(C)C(=O)OC1C(CO)OC(n2ccc(NC(=O)C(N)C(C)C)nc2=O)C1(F)F. The van der Waals surface area contributed by atoms with Crippen LogP contribution in [0.15, 0.2) is 17.1 Å². The summed E-state index contributed by atoms with van der Waals surface area (Å²) in [7, 11) is 0. The van der Waals surface area contributed by atoms with Gasteiger partial charge in [-0.05, 0) is 12.0 Å². The number of aliphatic hydroxyl groups is 1. The molecule has 0 aromatic carbocycles. The van der Waals surface area contributed by atoms with Crippen molar-refractivity contribution in [1.29, 1.82) is 0 Å². The number of carbonyl (C=O) groups is 2. The van der Waals surface area contributed by atoms with Gasteiger partial charge in [0.05, 0.1) is 18.6 Å². The van der Waals surface area contributed by atoms with Crippen LogP contribution in [0.1, 0.15) is 33.9 Å². The van der Waals surface area contributed by atoms with Crippen LogP contribution in [0.2, 0.25) is 0 Å². The van der Waals surface area contributed by atoms with E-state index in [4.69, 9.17) is 15.2 Å². The molecule has 1 fully saturated rings. The maximum atomic E-state index is 14.9. The lowest BCUT2D eigenvalue weighted by Gasteiger charge is -2.24. The fourth-order valence-electron chi connectivity index (χ4n) is 2.69. The van der Waals surface area contributed by atoms with Crippen molar-refractivity contribution in [3.63, 3.8) is 0 Å². The molecule has 12 heteroatoms. The standard InChI is InChI=1S/C18H26F2N4O6/c1-8(2)12(21)14(26)22-11-5-6-24(17(28)23-11)16-18(19,20)13(10(7-25)29-16)30-15(27)9(3)4/h5-6,8-10,12-13,16,25H,7,21H2,1-4H3,(H,22,23,26,28). The van der Waals surface area contributed by atoms with E-state index < -0.39 is 60.5 Å². The van der Waals surface area contributed by atoms with Crippen molar-refractivity contribution in [2.45, 2.75) is 58.1 Å². The highest BCUT2D eigenvalue weighted by atomic mass is 19.3. The van der Waals surface area contributed by atoms with Crippen molar-refractivity contribution >= 4 is 17.7 Å². The molecule has 0 spiro atoms. The van der Waals surface area contributed by atoms with Crippen LogP contribution in [0.4, 0.5) is 14.6 Å². The summed E-state index contributed by atoms with van der Waals surface area (Å²) in [6.07, 6.45) is -4.83. The molecule has 0 bridgehead atoms. The number of hydrogen-bond donors (Lipinski definition) is 3. The molecule has 0 aliphatic carbocycles. The Morgan fingerprint density at radius 2 is 2.03 bits per heavy atom. The number of alkyl halides is 2. The number of rotatable bonds is 7. The molecule has 1 saturated heterocycles. The number of hydrogen-bond acceptors (Lipinski definition) is 8. The Morgan fingerprint density at radius 3 is 2.53 bits per heavy atom. The molecule has 10 nitrogen and oxygen atoms in total. The van der Waals surface area contributed by atoms with Gasteiger partial charge in [0.15, 0.2) is 6.10 Å². The van der Waals surface area contributed by atoms with E-state index in [2.05, 4.69) is 10.3 Å². The maximum Gasteiger partial charge on any atom is 0.351 e. The molecular weight excluding hydrogens is 406 g/mol. The van der Waals surface area contributed by atoms with Crippen LogP contribution >= 0.6 is 0 Å². The number of amides is 1. The number of halogens is 2. The number of nitrogens with zero attached hydrogens (tertiary/aromatic N) is 2. The van der Waals surface area contributed by atoms with Crippen LogP contribution in [0, 0.1) is 11.8 Å². The summed E-state index contributed by atoms with van der Waals surface area (Å²) in [6.45, 7) is 5.54. The van der Waals surface area contributed by atoms with Gasteiger partial charge in [-0.25, -0.2) is 4.79 Å². The van der Waals surface area contributed by atoms with Gasteiger partial charge in [-0.1, -0.05) is 27.7 Å². The molecular formula is C18H26F2N4O6. The molecule has 2 rings (SSSR count). The van der Waals surface area contributed by atoms with Gasteiger partial charge in [-0.15, -0.1) is 0 Å². The highest BCUT2D eigenvalue weighted by molar-refractivity contribution is 5.93. The molecule has 4 unspecified atom stereocenters. The lowest BCUT2D eigenvalue weighted by atomic mass is 10.1. The summed E-state index contributed by atoms with van der Waals surface area (Å²) in [4.78, 5) is 39.7. The Morgan fingerprint density at radius 1 is 1.40 bits per heavy atom. The molecule has 1 aromatic rings. The van der Waals surface area contributed by atoms with E-state index in [0.717, 1.165) is 12.3 Å². The van der Waals surface area contributed by atoms with Gasteiger partial charge in [0.25, 0.3) is 0 Å². The van der Waals surface area contributed by atoms with Crippen LogP contribution in [0.5, 0.6) is 0 Å². The van der Waals surface area contributed by atoms with Gasteiger partial charge in [0.1, 0.15) is 11.9 Å². The lowest BCUT2D eigenvalue weighted by molar-refractivity contribution is -0.179. The normalized spacial score (nSPS) is 24.1. The third-order valence-electron chi connectivity index (χ3n) is 4.60. The number of esters is 1. The zero-order valence-electron chi connectivity index (χ0n) is 17.0. The fraction of sp³-hybridized carbons (Fsp3) is 0.667. The van der Waals surface area contributed by atoms with Crippen molar-refractivity contribution in [2.75, 3.05) is 11.9 Å². The number of carbonyl (C=O) groups excluding carboxylic acids is 2. The third-order valence-corrected chi connectivity index (χ3v) is 4.60. The van der Waals surface area contributed by atoms with E-state index in [1.807, 2.05) is 0 Å². The highest BCUT2D eigenvalue weighted by Gasteiger charge is 2.62. The minimum atomic E-state index is -3.83. The van der Waals surface area contributed by atoms with Gasteiger partial charge in [0, 0.05) is 6.20 Å². The van der Waals surface area contributed by atoms with Gasteiger partial charge in [-0.3, -0.25) is 14.2 Å². The average molecular weight is 432 g/mol. The molecule has 1 aromatic heterocycles. The smallest absolute Gasteiger partial charge is 0.351 e. The monoisotopic (exact) mass is 432 g/mol. The van der Waals surface area contributed by atoms with Gasteiger partial charge < -0.3 is 25.6 Å². The first-order valence-corrected chi connectivity index (χ1v) is 9.40. The number of nitrogens with two attached hydrogens (primary N) is 1. The summed E-state index contributed by atoms with van der Waals surface area (Å²) in [5, 5.41) is 11.7. The summed E-state index contributed by atoms with van der Waals surface area (Å²) >= 11 is 0. The molecule has 0 radical (unpaired) electrons. The molecule has 1 aliphatic heterocycles. The van der Waals surface area contributed by atoms with E-state index in [1.54, 1.807) is 13.8 Å². The van der Waals surface area contributed by atoms with Crippen molar-refractivity contribution in [1.82, 2.24) is 9.55 Å². The molecule has 0 saturated carbocycles. The summed E-state index contributed by atoms with van der Waals surface area (Å²) in [5.41, 5.74) is 4.57. The largest absolute Gasteiger partial charge is 0.453 e. The molecule has 4 N–H and O–H groups in total. The number of ether oxygens (including phenoxy) is 2. The van der Waals surface area contributed by atoms with E-state index in [1.165, 1.54) is 13.8 Å². The highest BCUT2D eigenvalue weighted by Crippen LogP contribution is 2.44. The summed E-state index contributed by atoms with van der Waals surface area (Å²) < 4.78 is 40.3. The van der Waals surface area contributed by atoms with Crippen LogP contribution in [0.25, 0.3) is 0 Å². The number of anilines is 1. The second-order valence-corrected chi connectivity index (χ2v) is 7.66. The van der Waals surface area contributed by atoms with Crippen LogP contribution in [-0.4, -0.2) is 57.3 Å². The van der Waals surface area contributed by atoms with Crippen molar-refractivity contribution in [3.05, 3.63) is 22.7 Å². The zero-order chi connectivity index (χ0) is 22.8. The second-order valence-electron chi connectivity index (χ2n) is 7.66. The van der Waals surface area contributed by atoms with Crippen molar-refractivity contribution < 1.29 is 33.0 Å². The lowest BCUT2D eigenvalue weighted by Crippen LogP contribution is -2.45. The average Bonchev–Trinajstić information content (AvgIpc) is 2.91. The molecule has 1 amide bonds. The number of aliphatic hydroxyl groups excluding tert-OH is 1. The Hall–Kier alpha value is -2.44. The van der Waals surface area contributed by atoms with Gasteiger partial charge >= 0.3 is 17.6 Å². The third kappa shape index (κ3) is 4.82. The van der Waals surface area contributed by atoms with Crippen LogP contribution in [0.3, 0.4) is 0 Å². The molecule has 4 atom stereocenters. The zero-order valence-corrected chi connectivity index (χ0v) is 17.0. The summed E-state index contributed by atoms with van der Waals surface area (Å²) in [6, 6.07) is 0.283. The van der Waals surface area contributed by atoms with E-state index in [-0.39, 0.29) is 11.7 Å². The fourth-order valence-corrected chi connectivity index (χ4v) is 2.69. The minimum absolute atomic E-state index is 0.167. The minimum Gasteiger partial charge on any atom is -0.453 e. The molecule has 168 valence electrons. The van der Waals surface area contributed by atoms with Gasteiger partial charge in [0.2, 0.25) is 12.1 Å². The Labute approximate surface area is 171 Å². The first-order chi connectivity index (χ1) is 13.9. The predicted molar refractivity (Wildman–Crippen MR) is 101 cm³/mol. The van der Waals surface area contributed by atoms with Crippen molar-refractivity contribution in [3.8, 4) is 0 Å². The second kappa shape index (κ2) is 9.14. The predicted octanol–water partition coefficient (Wildman–Crippen LogP) is 0.258. The van der Waals surface area contributed by atoms with Gasteiger partial charge in [-0.2, -0.15) is 13.8 Å². The van der Waals surface area contributed by atoms with Crippen molar-refractivity contribution in [2.24, 2.45) is 17.6 Å². The quantitative estimate of drug-likeness (QED) is 0.520. The first kappa shape index (κ1) is 23.8. The Balaban J connectivity index is 2.27. The topological polar surface area (TPSA) is 146 Å².